The summed E-state index contributed by atoms with van der Waals surface area (Å²) in [5.41, 5.74) is 1.20. The molecule has 0 aliphatic carbocycles. The highest BCUT2D eigenvalue weighted by molar-refractivity contribution is 5.34. The van der Waals surface area contributed by atoms with Crippen molar-refractivity contribution in [2.75, 3.05) is 5.32 Å². The van der Waals surface area contributed by atoms with Crippen LogP contribution >= 0.6 is 0 Å². The van der Waals surface area contributed by atoms with Gasteiger partial charge >= 0.3 is 0 Å². The molecule has 0 unspecified atom stereocenters. The Morgan fingerprint density at radius 2 is 2.00 bits per heavy atom. The lowest BCUT2D eigenvalue weighted by Gasteiger charge is -2.13. The smallest absolute Gasteiger partial charge is 0.124 e. The summed E-state index contributed by atoms with van der Waals surface area (Å²) in [5, 5.41) is 12.0. The van der Waals surface area contributed by atoms with Crippen molar-refractivity contribution < 1.29 is 0 Å². The quantitative estimate of drug-likeness (QED) is 0.853. The van der Waals surface area contributed by atoms with Gasteiger partial charge in [-0.2, -0.15) is 10.2 Å². The second-order valence-electron chi connectivity index (χ2n) is 4.65. The highest BCUT2D eigenvalue weighted by atomic mass is 15.3. The predicted octanol–water partition coefficient (Wildman–Crippen LogP) is 2.68. The maximum atomic E-state index is 4.32. The minimum Gasteiger partial charge on any atom is -0.365 e. The minimum atomic E-state index is 0.364. The van der Waals surface area contributed by atoms with Crippen LogP contribution in [0.1, 0.15) is 38.9 Å². The van der Waals surface area contributed by atoms with Gasteiger partial charge in [0.05, 0.1) is 18.4 Å². The van der Waals surface area contributed by atoms with Crippen molar-refractivity contribution in [1.82, 2.24) is 19.6 Å². The number of hydrogen-bond acceptors (Lipinski definition) is 3. The SMILES string of the molecule is CCCn1nccc1CNc1ccnn1C(C)C. The van der Waals surface area contributed by atoms with Gasteiger partial charge in [0, 0.05) is 24.8 Å². The van der Waals surface area contributed by atoms with Gasteiger partial charge in [0.1, 0.15) is 5.82 Å². The molecule has 0 radical (unpaired) electrons. The number of rotatable bonds is 6. The molecule has 1 N–H and O–H groups in total. The van der Waals surface area contributed by atoms with Crippen molar-refractivity contribution >= 4 is 5.82 Å². The fourth-order valence-electron chi connectivity index (χ4n) is 1.97. The van der Waals surface area contributed by atoms with E-state index in [0.29, 0.717) is 6.04 Å². The molecular formula is C13H21N5. The molecule has 0 saturated heterocycles. The van der Waals surface area contributed by atoms with E-state index in [-0.39, 0.29) is 0 Å². The average Bonchev–Trinajstić information content (AvgIpc) is 2.95. The van der Waals surface area contributed by atoms with Gasteiger partial charge < -0.3 is 5.32 Å². The predicted molar refractivity (Wildman–Crippen MR) is 72.5 cm³/mol. The standard InChI is InChI=1S/C13H21N5/c1-4-9-17-12(5-7-15-17)10-14-13-6-8-16-18(13)11(2)3/h5-8,11,14H,4,9-10H2,1-3H3. The van der Waals surface area contributed by atoms with E-state index >= 15 is 0 Å². The van der Waals surface area contributed by atoms with Gasteiger partial charge in [-0.25, -0.2) is 4.68 Å². The van der Waals surface area contributed by atoms with Crippen molar-refractivity contribution in [2.45, 2.75) is 46.3 Å². The number of aryl methyl sites for hydroxylation is 1. The number of nitrogens with zero attached hydrogens (tertiary/aromatic N) is 4. The van der Waals surface area contributed by atoms with Crippen molar-refractivity contribution in [2.24, 2.45) is 0 Å². The molecule has 2 aromatic rings. The molecule has 2 heterocycles. The lowest BCUT2D eigenvalue weighted by atomic mass is 10.4. The molecule has 18 heavy (non-hydrogen) atoms. The number of nitrogens with one attached hydrogen (secondary N) is 1. The zero-order valence-corrected chi connectivity index (χ0v) is 11.3. The van der Waals surface area contributed by atoms with Gasteiger partial charge in [-0.15, -0.1) is 0 Å². The maximum absolute atomic E-state index is 4.32. The highest BCUT2D eigenvalue weighted by Crippen LogP contribution is 2.14. The third-order valence-corrected chi connectivity index (χ3v) is 2.85. The van der Waals surface area contributed by atoms with Crippen LogP contribution in [0.15, 0.2) is 24.5 Å². The molecule has 2 aromatic heterocycles. The van der Waals surface area contributed by atoms with Crippen LogP contribution in [0.3, 0.4) is 0 Å². The summed E-state index contributed by atoms with van der Waals surface area (Å²) in [6.45, 7) is 8.15. The Morgan fingerprint density at radius 3 is 2.72 bits per heavy atom. The lowest BCUT2D eigenvalue weighted by molar-refractivity contribution is 0.535. The summed E-state index contributed by atoms with van der Waals surface area (Å²) in [6, 6.07) is 4.42. The zero-order valence-electron chi connectivity index (χ0n) is 11.3. The molecule has 5 heteroatoms. The largest absolute Gasteiger partial charge is 0.365 e. The molecule has 0 aromatic carbocycles. The molecule has 0 fully saturated rings. The van der Waals surface area contributed by atoms with E-state index in [9.17, 15) is 0 Å². The first-order valence-corrected chi connectivity index (χ1v) is 6.50. The van der Waals surface area contributed by atoms with Crippen molar-refractivity contribution in [3.63, 3.8) is 0 Å². The Balaban J connectivity index is 2.02. The molecule has 0 bridgehead atoms. The van der Waals surface area contributed by atoms with Gasteiger partial charge in [-0.3, -0.25) is 4.68 Å². The topological polar surface area (TPSA) is 47.7 Å². The van der Waals surface area contributed by atoms with Gasteiger partial charge in [-0.1, -0.05) is 6.92 Å². The molecule has 5 nitrogen and oxygen atoms in total. The Hall–Kier alpha value is -1.78. The fourth-order valence-corrected chi connectivity index (χ4v) is 1.97. The van der Waals surface area contributed by atoms with E-state index in [1.807, 2.05) is 27.8 Å². The molecule has 0 spiro atoms. The first-order valence-electron chi connectivity index (χ1n) is 6.50. The summed E-state index contributed by atoms with van der Waals surface area (Å²) < 4.78 is 4.03. The summed E-state index contributed by atoms with van der Waals surface area (Å²) in [6.07, 6.45) is 4.77. The third-order valence-electron chi connectivity index (χ3n) is 2.85. The van der Waals surface area contributed by atoms with Crippen LogP contribution in [0.25, 0.3) is 0 Å². The van der Waals surface area contributed by atoms with Gasteiger partial charge in [0.15, 0.2) is 0 Å². The maximum Gasteiger partial charge on any atom is 0.124 e. The van der Waals surface area contributed by atoms with Crippen molar-refractivity contribution in [3.8, 4) is 0 Å². The second kappa shape index (κ2) is 5.71. The van der Waals surface area contributed by atoms with Crippen LogP contribution in [0.2, 0.25) is 0 Å². The third kappa shape index (κ3) is 2.72. The molecule has 0 aliphatic rings. The Morgan fingerprint density at radius 1 is 1.22 bits per heavy atom. The Kier molecular flexibility index (Phi) is 4.02. The van der Waals surface area contributed by atoms with Gasteiger partial charge in [-0.05, 0) is 26.3 Å². The van der Waals surface area contributed by atoms with Crippen LogP contribution < -0.4 is 5.32 Å². The first kappa shape index (κ1) is 12.7. The molecule has 0 aliphatic heterocycles. The molecular weight excluding hydrogens is 226 g/mol. The molecule has 0 saturated carbocycles. The molecule has 0 atom stereocenters. The van der Waals surface area contributed by atoms with Crippen LogP contribution in [0.5, 0.6) is 0 Å². The lowest BCUT2D eigenvalue weighted by Crippen LogP contribution is -2.12. The van der Waals surface area contributed by atoms with E-state index in [4.69, 9.17) is 0 Å². The fraction of sp³-hybridized carbons (Fsp3) is 0.538. The summed E-state index contributed by atoms with van der Waals surface area (Å²) >= 11 is 0. The molecule has 98 valence electrons. The Labute approximate surface area is 108 Å². The van der Waals surface area contributed by atoms with Gasteiger partial charge in [0.25, 0.3) is 0 Å². The number of anilines is 1. The summed E-state index contributed by atoms with van der Waals surface area (Å²) in [4.78, 5) is 0. The van der Waals surface area contributed by atoms with E-state index in [1.165, 1.54) is 5.69 Å². The number of hydrogen-bond donors (Lipinski definition) is 1. The summed E-state index contributed by atoms with van der Waals surface area (Å²) in [5.74, 6) is 1.05. The van der Waals surface area contributed by atoms with E-state index in [0.717, 1.165) is 25.3 Å². The van der Waals surface area contributed by atoms with Crippen molar-refractivity contribution in [1.29, 1.82) is 0 Å². The van der Waals surface area contributed by atoms with Crippen molar-refractivity contribution in [3.05, 3.63) is 30.2 Å². The molecule has 2 rings (SSSR count). The molecule has 0 amide bonds. The monoisotopic (exact) mass is 247 g/mol. The minimum absolute atomic E-state index is 0.364. The zero-order chi connectivity index (χ0) is 13.0. The number of aromatic nitrogens is 4. The average molecular weight is 247 g/mol. The summed E-state index contributed by atoms with van der Waals surface area (Å²) in [7, 11) is 0. The second-order valence-corrected chi connectivity index (χ2v) is 4.65. The normalized spacial score (nSPS) is 11.1. The van der Waals surface area contributed by atoms with E-state index in [2.05, 4.69) is 42.4 Å². The first-order chi connectivity index (χ1) is 8.72. The van der Waals surface area contributed by atoms with Crippen LogP contribution in [0.4, 0.5) is 5.82 Å². The van der Waals surface area contributed by atoms with Crippen LogP contribution in [-0.2, 0) is 13.1 Å². The van der Waals surface area contributed by atoms with Crippen LogP contribution in [-0.4, -0.2) is 19.6 Å². The van der Waals surface area contributed by atoms with Crippen LogP contribution in [0, 0.1) is 0 Å². The van der Waals surface area contributed by atoms with E-state index in [1.54, 1.807) is 0 Å². The Bertz CT molecular complexity index is 483. The highest BCUT2D eigenvalue weighted by Gasteiger charge is 2.06. The van der Waals surface area contributed by atoms with Gasteiger partial charge in [0.2, 0.25) is 0 Å². The van der Waals surface area contributed by atoms with E-state index < -0.39 is 0 Å².